The number of hydrogen-bond donors (Lipinski definition) is 1. The Labute approximate surface area is 94.8 Å². The summed E-state index contributed by atoms with van der Waals surface area (Å²) in [6, 6.07) is -0.00148. The molecule has 1 atom stereocenters. The third kappa shape index (κ3) is 2.57. The smallest absolute Gasteiger partial charge is 0.377 e. The van der Waals surface area contributed by atoms with E-state index in [1.54, 1.807) is 4.68 Å². The van der Waals surface area contributed by atoms with Gasteiger partial charge in [-0.2, -0.15) is 0 Å². The lowest BCUT2D eigenvalue weighted by atomic mass is 9.87. The highest BCUT2D eigenvalue weighted by atomic mass is 16.5. The fourth-order valence-corrected chi connectivity index (χ4v) is 1.47. The Balaban J connectivity index is 2.96. The second-order valence-electron chi connectivity index (χ2n) is 4.66. The average Bonchev–Trinajstić information content (AvgIpc) is 2.64. The monoisotopic (exact) mass is 226 g/mol. The Morgan fingerprint density at radius 1 is 1.62 bits per heavy atom. The highest BCUT2D eigenvalue weighted by Crippen LogP contribution is 2.28. The third-order valence-electron chi connectivity index (χ3n) is 2.42. The van der Waals surface area contributed by atoms with Gasteiger partial charge in [0.25, 0.3) is 5.82 Å². The number of carbonyl (C=O) groups excluding carboxylic acids is 1. The van der Waals surface area contributed by atoms with Crippen molar-refractivity contribution in [2.24, 2.45) is 11.1 Å². The summed E-state index contributed by atoms with van der Waals surface area (Å²) < 4.78 is 6.16. The quantitative estimate of drug-likeness (QED) is 0.763. The lowest BCUT2D eigenvalue weighted by Crippen LogP contribution is -2.31. The summed E-state index contributed by atoms with van der Waals surface area (Å²) in [5.41, 5.74) is 5.66. The number of nitrogens with zero attached hydrogens (tertiary/aromatic N) is 3. The highest BCUT2D eigenvalue weighted by molar-refractivity contribution is 5.84. The van der Waals surface area contributed by atoms with Crippen LogP contribution in [-0.2, 0) is 4.74 Å². The maximum atomic E-state index is 11.2. The van der Waals surface area contributed by atoms with Crippen molar-refractivity contribution in [2.75, 3.05) is 13.7 Å². The summed E-state index contributed by atoms with van der Waals surface area (Å²) in [7, 11) is 1.30. The van der Waals surface area contributed by atoms with Gasteiger partial charge >= 0.3 is 5.97 Å². The van der Waals surface area contributed by atoms with Crippen LogP contribution in [0.25, 0.3) is 0 Å². The molecule has 0 bridgehead atoms. The van der Waals surface area contributed by atoms with E-state index in [1.165, 1.54) is 13.4 Å². The maximum Gasteiger partial charge on any atom is 0.377 e. The van der Waals surface area contributed by atoms with Crippen LogP contribution in [0.1, 0.15) is 37.4 Å². The molecule has 1 rings (SSSR count). The number of aromatic nitrogens is 3. The molecule has 6 heteroatoms. The lowest BCUT2D eigenvalue weighted by molar-refractivity contribution is 0.0585. The predicted molar refractivity (Wildman–Crippen MR) is 58.9 cm³/mol. The molecule has 1 aromatic heterocycles. The number of esters is 1. The van der Waals surface area contributed by atoms with Crippen LogP contribution in [-0.4, -0.2) is 34.4 Å². The van der Waals surface area contributed by atoms with Crippen LogP contribution in [0.3, 0.4) is 0 Å². The van der Waals surface area contributed by atoms with E-state index in [2.05, 4.69) is 35.6 Å². The minimum absolute atomic E-state index is 0.00148. The topological polar surface area (TPSA) is 83.0 Å². The van der Waals surface area contributed by atoms with Crippen LogP contribution in [0.5, 0.6) is 0 Å². The van der Waals surface area contributed by atoms with Crippen molar-refractivity contribution in [3.05, 3.63) is 12.2 Å². The average molecular weight is 226 g/mol. The van der Waals surface area contributed by atoms with Crippen LogP contribution in [0, 0.1) is 5.41 Å². The zero-order valence-electron chi connectivity index (χ0n) is 10.1. The van der Waals surface area contributed by atoms with Gasteiger partial charge in [-0.1, -0.05) is 20.8 Å². The van der Waals surface area contributed by atoms with E-state index in [9.17, 15) is 4.79 Å². The van der Waals surface area contributed by atoms with Crippen molar-refractivity contribution in [3.8, 4) is 0 Å². The Morgan fingerprint density at radius 3 is 2.69 bits per heavy atom. The van der Waals surface area contributed by atoms with E-state index in [1.807, 2.05) is 0 Å². The second-order valence-corrected chi connectivity index (χ2v) is 4.66. The van der Waals surface area contributed by atoms with Gasteiger partial charge in [0.2, 0.25) is 0 Å². The molecule has 16 heavy (non-hydrogen) atoms. The maximum absolute atomic E-state index is 11.2. The number of nitrogens with two attached hydrogens (primary N) is 1. The molecule has 0 aromatic carbocycles. The molecule has 1 unspecified atom stereocenters. The molecule has 0 radical (unpaired) electrons. The van der Waals surface area contributed by atoms with E-state index in [0.29, 0.717) is 6.54 Å². The molecule has 1 heterocycles. The molecular weight excluding hydrogens is 208 g/mol. The first-order valence-corrected chi connectivity index (χ1v) is 5.09. The number of hydrogen-bond acceptors (Lipinski definition) is 5. The standard InChI is InChI=1S/C10H18N4O2/c1-10(2,3)7(5-11)14-6-12-8(13-14)9(15)16-4/h6-7H,5,11H2,1-4H3. The molecule has 0 aliphatic heterocycles. The van der Waals surface area contributed by atoms with E-state index < -0.39 is 5.97 Å². The molecule has 0 aliphatic rings. The highest BCUT2D eigenvalue weighted by Gasteiger charge is 2.26. The van der Waals surface area contributed by atoms with Crippen LogP contribution in [0.15, 0.2) is 6.33 Å². The molecule has 0 aliphatic carbocycles. The molecule has 2 N–H and O–H groups in total. The largest absolute Gasteiger partial charge is 0.463 e. The SMILES string of the molecule is COC(=O)c1ncn(C(CN)C(C)(C)C)n1. The van der Waals surface area contributed by atoms with Gasteiger partial charge in [-0.25, -0.2) is 14.5 Å². The summed E-state index contributed by atoms with van der Waals surface area (Å²) in [6.45, 7) is 6.62. The number of ether oxygens (including phenoxy) is 1. The van der Waals surface area contributed by atoms with Crippen molar-refractivity contribution < 1.29 is 9.53 Å². The Bertz CT molecular complexity index is 367. The molecule has 1 aromatic rings. The van der Waals surface area contributed by atoms with Crippen LogP contribution < -0.4 is 5.73 Å². The molecule has 90 valence electrons. The van der Waals surface area contributed by atoms with Gasteiger partial charge in [-0.3, -0.25) is 0 Å². The fourth-order valence-electron chi connectivity index (χ4n) is 1.47. The zero-order valence-corrected chi connectivity index (χ0v) is 10.1. The first kappa shape index (κ1) is 12.6. The number of carbonyl (C=O) groups is 1. The Kier molecular flexibility index (Phi) is 3.64. The molecule has 0 amide bonds. The van der Waals surface area contributed by atoms with Crippen molar-refractivity contribution >= 4 is 5.97 Å². The molecule has 0 saturated heterocycles. The van der Waals surface area contributed by atoms with Crippen LogP contribution in [0.4, 0.5) is 0 Å². The van der Waals surface area contributed by atoms with Crippen molar-refractivity contribution in [1.29, 1.82) is 0 Å². The van der Waals surface area contributed by atoms with Crippen molar-refractivity contribution in [2.45, 2.75) is 26.8 Å². The van der Waals surface area contributed by atoms with E-state index >= 15 is 0 Å². The summed E-state index contributed by atoms with van der Waals surface area (Å²) >= 11 is 0. The van der Waals surface area contributed by atoms with Gasteiger partial charge in [-0.05, 0) is 5.41 Å². The lowest BCUT2D eigenvalue weighted by Gasteiger charge is -2.29. The number of methoxy groups -OCH3 is 1. The van der Waals surface area contributed by atoms with E-state index in [4.69, 9.17) is 5.73 Å². The van der Waals surface area contributed by atoms with Crippen molar-refractivity contribution in [1.82, 2.24) is 14.8 Å². The van der Waals surface area contributed by atoms with Gasteiger partial charge < -0.3 is 10.5 Å². The first-order valence-electron chi connectivity index (χ1n) is 5.09. The zero-order chi connectivity index (χ0) is 12.3. The van der Waals surface area contributed by atoms with E-state index in [-0.39, 0.29) is 17.3 Å². The summed E-state index contributed by atoms with van der Waals surface area (Å²) in [4.78, 5) is 15.1. The third-order valence-corrected chi connectivity index (χ3v) is 2.42. The Morgan fingerprint density at radius 2 is 2.25 bits per heavy atom. The first-order chi connectivity index (χ1) is 7.40. The normalized spacial score (nSPS) is 13.6. The predicted octanol–water partition coefficient (Wildman–Crippen LogP) is 0.611. The van der Waals surface area contributed by atoms with Gasteiger partial charge in [0.1, 0.15) is 6.33 Å². The van der Waals surface area contributed by atoms with Gasteiger partial charge in [0.05, 0.1) is 13.2 Å². The molecule has 0 fully saturated rings. The van der Waals surface area contributed by atoms with Gasteiger partial charge in [0, 0.05) is 6.54 Å². The second kappa shape index (κ2) is 4.61. The molecule has 6 nitrogen and oxygen atoms in total. The van der Waals surface area contributed by atoms with Gasteiger partial charge in [0.15, 0.2) is 0 Å². The van der Waals surface area contributed by atoms with Crippen LogP contribution >= 0.6 is 0 Å². The fraction of sp³-hybridized carbons (Fsp3) is 0.700. The summed E-state index contributed by atoms with van der Waals surface area (Å²) in [5, 5.41) is 4.07. The minimum Gasteiger partial charge on any atom is -0.463 e. The molecular formula is C10H18N4O2. The summed E-state index contributed by atoms with van der Waals surface area (Å²) in [6.07, 6.45) is 1.51. The van der Waals surface area contributed by atoms with Crippen LogP contribution in [0.2, 0.25) is 0 Å². The van der Waals surface area contributed by atoms with Gasteiger partial charge in [-0.15, -0.1) is 5.10 Å². The number of rotatable bonds is 3. The molecule has 0 saturated carbocycles. The van der Waals surface area contributed by atoms with Crippen molar-refractivity contribution in [3.63, 3.8) is 0 Å². The summed E-state index contributed by atoms with van der Waals surface area (Å²) in [5.74, 6) is -0.478. The Hall–Kier alpha value is -1.43. The molecule has 0 spiro atoms. The van der Waals surface area contributed by atoms with E-state index in [0.717, 1.165) is 0 Å². The minimum atomic E-state index is -0.538.